The third kappa shape index (κ3) is 2.65. The molecule has 1 aromatic rings. The fourth-order valence-corrected chi connectivity index (χ4v) is 1.03. The Morgan fingerprint density at radius 2 is 2.00 bits per heavy atom. The number of hydrogen-bond donors (Lipinski definition) is 1. The lowest BCUT2D eigenvalue weighted by molar-refractivity contribution is -0.384. The van der Waals surface area contributed by atoms with Crippen molar-refractivity contribution in [2.45, 2.75) is 0 Å². The molecule has 0 saturated carbocycles. The van der Waals surface area contributed by atoms with Crippen molar-refractivity contribution < 1.29 is 18.5 Å². The van der Waals surface area contributed by atoms with Gasteiger partial charge < -0.3 is 4.90 Å². The molecule has 1 N–H and O–H groups in total. The number of nitro benzene ring substituents is 1. The van der Waals surface area contributed by atoms with Gasteiger partial charge in [0, 0.05) is 20.2 Å². The van der Waals surface area contributed by atoms with Gasteiger partial charge in [0.2, 0.25) is 0 Å². The zero-order valence-corrected chi connectivity index (χ0v) is 9.03. The van der Waals surface area contributed by atoms with Crippen LogP contribution in [0, 0.1) is 21.7 Å². The van der Waals surface area contributed by atoms with Crippen molar-refractivity contribution in [3.63, 3.8) is 0 Å². The van der Waals surface area contributed by atoms with Crippen LogP contribution in [0.25, 0.3) is 0 Å². The summed E-state index contributed by atoms with van der Waals surface area (Å²) in [6, 6.07) is 0.611. The van der Waals surface area contributed by atoms with Crippen LogP contribution in [-0.2, 0) is 0 Å². The molecule has 0 spiro atoms. The maximum atomic E-state index is 13.3. The lowest BCUT2D eigenvalue weighted by Crippen LogP contribution is -2.28. The topological polar surface area (TPSA) is 75.5 Å². The fraction of sp³-hybridized carbons (Fsp3) is 0.222. The van der Waals surface area contributed by atoms with E-state index in [1.807, 2.05) is 5.32 Å². The molecule has 1 aromatic carbocycles. The second-order valence-corrected chi connectivity index (χ2v) is 3.34. The first-order valence-electron chi connectivity index (χ1n) is 4.45. The first-order chi connectivity index (χ1) is 7.84. The summed E-state index contributed by atoms with van der Waals surface area (Å²) in [5.74, 6) is -2.74. The first-order valence-corrected chi connectivity index (χ1v) is 4.45. The Morgan fingerprint density at radius 1 is 1.41 bits per heavy atom. The molecule has 2 amide bonds. The van der Waals surface area contributed by atoms with E-state index in [-0.39, 0.29) is 0 Å². The second kappa shape index (κ2) is 4.73. The van der Waals surface area contributed by atoms with Crippen LogP contribution in [0.4, 0.5) is 25.0 Å². The van der Waals surface area contributed by atoms with Crippen molar-refractivity contribution >= 4 is 17.4 Å². The van der Waals surface area contributed by atoms with E-state index in [0.29, 0.717) is 6.07 Å². The van der Waals surface area contributed by atoms with E-state index in [9.17, 15) is 23.7 Å². The fourth-order valence-electron chi connectivity index (χ4n) is 1.03. The lowest BCUT2D eigenvalue weighted by Gasteiger charge is -2.12. The molecule has 0 bridgehead atoms. The van der Waals surface area contributed by atoms with Crippen LogP contribution in [0.15, 0.2) is 12.1 Å². The Bertz CT molecular complexity index is 477. The minimum Gasteiger partial charge on any atom is -0.331 e. The highest BCUT2D eigenvalue weighted by Gasteiger charge is 2.23. The summed E-state index contributed by atoms with van der Waals surface area (Å²) in [6.45, 7) is 0. The molecule has 17 heavy (non-hydrogen) atoms. The molecule has 0 aromatic heterocycles. The van der Waals surface area contributed by atoms with Crippen LogP contribution < -0.4 is 5.32 Å². The van der Waals surface area contributed by atoms with Crippen molar-refractivity contribution in [2.75, 3.05) is 19.4 Å². The van der Waals surface area contributed by atoms with Gasteiger partial charge in [-0.05, 0) is 6.07 Å². The molecule has 0 unspecified atom stereocenters. The van der Waals surface area contributed by atoms with Gasteiger partial charge in [0.15, 0.2) is 17.3 Å². The molecule has 0 saturated heterocycles. The smallest absolute Gasteiger partial charge is 0.321 e. The first kappa shape index (κ1) is 12.8. The van der Waals surface area contributed by atoms with Gasteiger partial charge >= 0.3 is 6.03 Å². The van der Waals surface area contributed by atoms with Crippen molar-refractivity contribution in [1.29, 1.82) is 0 Å². The average Bonchev–Trinajstić information content (AvgIpc) is 2.24. The van der Waals surface area contributed by atoms with Gasteiger partial charge in [0.25, 0.3) is 5.69 Å². The number of nitro groups is 1. The highest BCUT2D eigenvalue weighted by molar-refractivity contribution is 5.91. The normalized spacial score (nSPS) is 9.88. The number of carbonyl (C=O) groups excluding carboxylic acids is 1. The van der Waals surface area contributed by atoms with Crippen LogP contribution in [0.1, 0.15) is 0 Å². The minimum atomic E-state index is -1.46. The van der Waals surface area contributed by atoms with Crippen LogP contribution in [0.5, 0.6) is 0 Å². The van der Waals surface area contributed by atoms with E-state index in [0.717, 1.165) is 11.0 Å². The molecule has 0 atom stereocenters. The SMILES string of the molecule is CN(C)C(=O)Nc1c([N+](=O)[O-])ccc(F)c1F. The summed E-state index contributed by atoms with van der Waals surface area (Å²) in [4.78, 5) is 22.0. The number of carbonyl (C=O) groups is 1. The molecule has 6 nitrogen and oxygen atoms in total. The Hall–Kier alpha value is -2.25. The third-order valence-electron chi connectivity index (χ3n) is 1.91. The number of hydrogen-bond acceptors (Lipinski definition) is 3. The highest BCUT2D eigenvalue weighted by atomic mass is 19.2. The molecule has 0 radical (unpaired) electrons. The van der Waals surface area contributed by atoms with Crippen LogP contribution in [-0.4, -0.2) is 29.9 Å². The van der Waals surface area contributed by atoms with Crippen molar-refractivity contribution in [1.82, 2.24) is 4.90 Å². The van der Waals surface area contributed by atoms with Crippen molar-refractivity contribution in [3.8, 4) is 0 Å². The molecule has 0 aliphatic rings. The maximum absolute atomic E-state index is 13.3. The van der Waals surface area contributed by atoms with Gasteiger partial charge in [-0.15, -0.1) is 0 Å². The molecule has 1 rings (SSSR count). The second-order valence-electron chi connectivity index (χ2n) is 3.34. The van der Waals surface area contributed by atoms with Gasteiger partial charge in [-0.25, -0.2) is 13.6 Å². The Labute approximate surface area is 95.0 Å². The monoisotopic (exact) mass is 245 g/mol. The van der Waals surface area contributed by atoms with Gasteiger partial charge in [-0.3, -0.25) is 15.4 Å². The van der Waals surface area contributed by atoms with Crippen LogP contribution >= 0.6 is 0 Å². The Morgan fingerprint density at radius 3 is 2.47 bits per heavy atom. The molecular weight excluding hydrogens is 236 g/mol. The van der Waals surface area contributed by atoms with E-state index in [2.05, 4.69) is 0 Å². The Kier molecular flexibility index (Phi) is 3.56. The minimum absolute atomic E-state index is 0.624. The number of anilines is 1. The van der Waals surface area contributed by atoms with Gasteiger partial charge in [-0.1, -0.05) is 0 Å². The third-order valence-corrected chi connectivity index (χ3v) is 1.91. The summed E-state index contributed by atoms with van der Waals surface area (Å²) >= 11 is 0. The van der Waals surface area contributed by atoms with Crippen LogP contribution in [0.3, 0.4) is 0 Å². The molecular formula is C9H9F2N3O3. The van der Waals surface area contributed by atoms with E-state index >= 15 is 0 Å². The predicted molar refractivity (Wildman–Crippen MR) is 55.7 cm³/mol. The summed E-state index contributed by atoms with van der Waals surface area (Å²) in [5, 5.41) is 12.5. The summed E-state index contributed by atoms with van der Waals surface area (Å²) in [7, 11) is 2.72. The van der Waals surface area contributed by atoms with E-state index in [1.54, 1.807) is 0 Å². The quantitative estimate of drug-likeness (QED) is 0.639. The van der Waals surface area contributed by atoms with Crippen molar-refractivity contribution in [3.05, 3.63) is 33.9 Å². The zero-order valence-electron chi connectivity index (χ0n) is 9.03. The standard InChI is InChI=1S/C9H9F2N3O3/c1-13(2)9(15)12-8-6(14(16)17)4-3-5(10)7(8)11/h3-4H,1-2H3,(H,12,15). The van der Waals surface area contributed by atoms with E-state index < -0.39 is 34.0 Å². The van der Waals surface area contributed by atoms with Gasteiger partial charge in [0.1, 0.15) is 0 Å². The lowest BCUT2D eigenvalue weighted by atomic mass is 10.2. The number of nitrogens with one attached hydrogen (secondary N) is 1. The molecule has 0 aliphatic carbocycles. The summed E-state index contributed by atoms with van der Waals surface area (Å²) < 4.78 is 26.2. The molecule has 0 heterocycles. The molecule has 8 heteroatoms. The number of rotatable bonds is 2. The molecule has 92 valence electrons. The van der Waals surface area contributed by atoms with E-state index in [1.165, 1.54) is 14.1 Å². The van der Waals surface area contributed by atoms with Crippen molar-refractivity contribution in [2.24, 2.45) is 0 Å². The molecule has 0 fully saturated rings. The van der Waals surface area contributed by atoms with Crippen LogP contribution in [0.2, 0.25) is 0 Å². The Balaban J connectivity index is 3.24. The summed E-state index contributed by atoms with van der Waals surface area (Å²) in [5.41, 5.74) is -1.49. The summed E-state index contributed by atoms with van der Waals surface area (Å²) in [6.07, 6.45) is 0. The average molecular weight is 245 g/mol. The zero-order chi connectivity index (χ0) is 13.2. The van der Waals surface area contributed by atoms with Gasteiger partial charge in [-0.2, -0.15) is 0 Å². The van der Waals surface area contributed by atoms with E-state index in [4.69, 9.17) is 0 Å². The number of benzene rings is 1. The molecule has 0 aliphatic heterocycles. The van der Waals surface area contributed by atoms with Gasteiger partial charge in [0.05, 0.1) is 4.92 Å². The number of urea groups is 1. The number of halogens is 2. The maximum Gasteiger partial charge on any atom is 0.321 e. The number of nitrogens with zero attached hydrogens (tertiary/aromatic N) is 2. The highest BCUT2D eigenvalue weighted by Crippen LogP contribution is 2.29. The predicted octanol–water partition coefficient (Wildman–Crippen LogP) is 1.97. The number of amides is 2. The largest absolute Gasteiger partial charge is 0.331 e.